The van der Waals surface area contributed by atoms with Crippen molar-refractivity contribution in [2.24, 2.45) is 5.92 Å². The van der Waals surface area contributed by atoms with Crippen LogP contribution in [0.15, 0.2) is 23.1 Å². The van der Waals surface area contributed by atoms with Gasteiger partial charge in [-0.2, -0.15) is 0 Å². The van der Waals surface area contributed by atoms with Crippen molar-refractivity contribution in [3.63, 3.8) is 0 Å². The van der Waals surface area contributed by atoms with Gasteiger partial charge in [-0.3, -0.25) is 0 Å². The molecule has 1 saturated carbocycles. The zero-order valence-corrected chi connectivity index (χ0v) is 12.0. The Kier molecular flexibility index (Phi) is 4.01. The van der Waals surface area contributed by atoms with Gasteiger partial charge in [0.25, 0.3) is 0 Å². The van der Waals surface area contributed by atoms with Crippen molar-refractivity contribution >= 4 is 15.7 Å². The van der Waals surface area contributed by atoms with E-state index in [1.165, 1.54) is 19.2 Å². The van der Waals surface area contributed by atoms with Crippen molar-refractivity contribution in [3.05, 3.63) is 18.2 Å². The second-order valence-corrected chi connectivity index (χ2v) is 6.73. The summed E-state index contributed by atoms with van der Waals surface area (Å²) in [5.41, 5.74) is 6.11. The van der Waals surface area contributed by atoms with E-state index in [1.54, 1.807) is 6.07 Å². The van der Waals surface area contributed by atoms with Crippen molar-refractivity contribution < 1.29 is 13.2 Å². The normalized spacial score (nSPS) is 23.5. The number of hydrogen-bond acceptors (Lipinski definition) is 4. The lowest BCUT2D eigenvalue weighted by atomic mass is 10.1. The van der Waals surface area contributed by atoms with Crippen molar-refractivity contribution in [3.8, 4) is 5.75 Å². The number of ether oxygens (including phenoxy) is 1. The Morgan fingerprint density at radius 3 is 2.68 bits per heavy atom. The molecule has 1 aromatic carbocycles. The van der Waals surface area contributed by atoms with E-state index in [0.29, 0.717) is 11.6 Å². The molecule has 1 fully saturated rings. The summed E-state index contributed by atoms with van der Waals surface area (Å²) in [6, 6.07) is 4.57. The fraction of sp³-hybridized carbons (Fsp3) is 0.538. The van der Waals surface area contributed by atoms with Gasteiger partial charge in [0.1, 0.15) is 10.6 Å². The van der Waals surface area contributed by atoms with Gasteiger partial charge in [0.2, 0.25) is 10.0 Å². The second-order valence-electron chi connectivity index (χ2n) is 5.05. The third-order valence-electron chi connectivity index (χ3n) is 3.65. The molecule has 2 unspecified atom stereocenters. The predicted molar refractivity (Wildman–Crippen MR) is 74.5 cm³/mol. The molecule has 0 radical (unpaired) electrons. The van der Waals surface area contributed by atoms with E-state index < -0.39 is 10.0 Å². The van der Waals surface area contributed by atoms with E-state index in [9.17, 15) is 8.42 Å². The Balaban J connectivity index is 2.29. The minimum Gasteiger partial charge on any atom is -0.495 e. The highest BCUT2D eigenvalue weighted by Crippen LogP contribution is 2.29. The van der Waals surface area contributed by atoms with E-state index in [0.717, 1.165) is 19.3 Å². The van der Waals surface area contributed by atoms with Crippen LogP contribution in [0.4, 0.5) is 5.69 Å². The van der Waals surface area contributed by atoms with Crippen LogP contribution < -0.4 is 15.2 Å². The third kappa shape index (κ3) is 3.01. The fourth-order valence-corrected chi connectivity index (χ4v) is 4.02. The second kappa shape index (κ2) is 5.38. The molecule has 106 valence electrons. The molecule has 1 aromatic rings. The topological polar surface area (TPSA) is 81.4 Å². The Morgan fingerprint density at radius 2 is 2.11 bits per heavy atom. The number of rotatable bonds is 4. The van der Waals surface area contributed by atoms with Crippen LogP contribution in [-0.2, 0) is 10.0 Å². The lowest BCUT2D eigenvalue weighted by molar-refractivity contribution is 0.401. The van der Waals surface area contributed by atoms with Gasteiger partial charge in [-0.1, -0.05) is 13.3 Å². The summed E-state index contributed by atoms with van der Waals surface area (Å²) in [5, 5.41) is 0. The lowest BCUT2D eigenvalue weighted by Crippen LogP contribution is -2.36. The van der Waals surface area contributed by atoms with Gasteiger partial charge >= 0.3 is 0 Å². The minimum atomic E-state index is -3.57. The van der Waals surface area contributed by atoms with Crippen LogP contribution >= 0.6 is 0 Å². The molecule has 0 bridgehead atoms. The van der Waals surface area contributed by atoms with Crippen LogP contribution in [0.2, 0.25) is 0 Å². The summed E-state index contributed by atoms with van der Waals surface area (Å²) >= 11 is 0. The summed E-state index contributed by atoms with van der Waals surface area (Å²) in [4.78, 5) is 0.142. The first kappa shape index (κ1) is 14.1. The Bertz CT molecular complexity index is 557. The van der Waals surface area contributed by atoms with E-state index in [2.05, 4.69) is 11.6 Å². The molecular formula is C13H20N2O3S. The average Bonchev–Trinajstić information content (AvgIpc) is 2.74. The molecule has 0 heterocycles. The molecule has 2 rings (SSSR count). The molecule has 0 spiro atoms. The van der Waals surface area contributed by atoms with Gasteiger partial charge in [-0.25, -0.2) is 13.1 Å². The molecule has 1 aliphatic rings. The summed E-state index contributed by atoms with van der Waals surface area (Å²) in [6.07, 6.45) is 3.01. The Labute approximate surface area is 114 Å². The lowest BCUT2D eigenvalue weighted by Gasteiger charge is -2.18. The summed E-state index contributed by atoms with van der Waals surface area (Å²) in [5.74, 6) is 0.646. The van der Waals surface area contributed by atoms with Gasteiger partial charge in [-0.15, -0.1) is 0 Å². The highest BCUT2D eigenvalue weighted by Gasteiger charge is 2.29. The highest BCUT2D eigenvalue weighted by molar-refractivity contribution is 7.89. The molecular weight excluding hydrogens is 264 g/mol. The first-order valence-corrected chi connectivity index (χ1v) is 7.88. The van der Waals surface area contributed by atoms with Crippen LogP contribution in [0.3, 0.4) is 0 Å². The summed E-state index contributed by atoms with van der Waals surface area (Å²) < 4.78 is 32.7. The Hall–Kier alpha value is -1.27. The molecule has 1 aliphatic carbocycles. The number of nitrogen functional groups attached to an aromatic ring is 1. The van der Waals surface area contributed by atoms with Crippen LogP contribution in [-0.4, -0.2) is 21.6 Å². The number of nitrogens with one attached hydrogen (secondary N) is 1. The minimum absolute atomic E-state index is 0.00672. The largest absolute Gasteiger partial charge is 0.495 e. The van der Waals surface area contributed by atoms with Gasteiger partial charge in [0, 0.05) is 17.8 Å². The number of methoxy groups -OCH3 is 1. The number of sulfonamides is 1. The van der Waals surface area contributed by atoms with Gasteiger partial charge in [-0.05, 0) is 30.9 Å². The molecule has 19 heavy (non-hydrogen) atoms. The molecule has 0 amide bonds. The van der Waals surface area contributed by atoms with Crippen molar-refractivity contribution in [1.29, 1.82) is 0 Å². The third-order valence-corrected chi connectivity index (χ3v) is 5.17. The van der Waals surface area contributed by atoms with E-state index in [4.69, 9.17) is 10.5 Å². The number of hydrogen-bond donors (Lipinski definition) is 2. The molecule has 3 N–H and O–H groups in total. The quantitative estimate of drug-likeness (QED) is 0.825. The number of nitrogens with two attached hydrogens (primary N) is 1. The van der Waals surface area contributed by atoms with Crippen LogP contribution in [0.5, 0.6) is 5.75 Å². The van der Waals surface area contributed by atoms with Gasteiger partial charge in [0.15, 0.2) is 0 Å². The highest BCUT2D eigenvalue weighted by atomic mass is 32.2. The summed E-state index contributed by atoms with van der Waals surface area (Å²) in [6.45, 7) is 2.07. The van der Waals surface area contributed by atoms with E-state index in [-0.39, 0.29) is 16.7 Å². The fourth-order valence-electron chi connectivity index (χ4n) is 2.49. The molecule has 0 aliphatic heterocycles. The van der Waals surface area contributed by atoms with Crippen LogP contribution in [0.1, 0.15) is 26.2 Å². The first-order chi connectivity index (χ1) is 8.94. The maximum Gasteiger partial charge on any atom is 0.244 e. The number of anilines is 1. The summed E-state index contributed by atoms with van der Waals surface area (Å²) in [7, 11) is -2.13. The van der Waals surface area contributed by atoms with E-state index >= 15 is 0 Å². The maximum absolute atomic E-state index is 12.4. The average molecular weight is 284 g/mol. The monoisotopic (exact) mass is 284 g/mol. The van der Waals surface area contributed by atoms with Gasteiger partial charge in [0.05, 0.1) is 7.11 Å². The maximum atomic E-state index is 12.4. The van der Waals surface area contributed by atoms with Crippen molar-refractivity contribution in [2.45, 2.75) is 37.1 Å². The smallest absolute Gasteiger partial charge is 0.244 e. The first-order valence-electron chi connectivity index (χ1n) is 6.40. The van der Waals surface area contributed by atoms with E-state index in [1.807, 2.05) is 0 Å². The van der Waals surface area contributed by atoms with Crippen molar-refractivity contribution in [2.75, 3.05) is 12.8 Å². The van der Waals surface area contributed by atoms with Crippen LogP contribution in [0, 0.1) is 5.92 Å². The zero-order valence-electron chi connectivity index (χ0n) is 11.2. The SMILES string of the molecule is COc1cc(N)ccc1S(=O)(=O)NC1CCCC1C. The molecule has 6 heteroatoms. The number of benzene rings is 1. The Morgan fingerprint density at radius 1 is 1.37 bits per heavy atom. The molecule has 5 nitrogen and oxygen atoms in total. The predicted octanol–water partition coefficient (Wildman–Crippen LogP) is 1.74. The van der Waals surface area contributed by atoms with Crippen molar-refractivity contribution in [1.82, 2.24) is 4.72 Å². The standard InChI is InChI=1S/C13H20N2O3S/c1-9-4-3-5-11(9)15-19(16,17)13-7-6-10(14)8-12(13)18-2/h6-9,11,15H,3-5,14H2,1-2H3. The van der Waals surface area contributed by atoms with Gasteiger partial charge < -0.3 is 10.5 Å². The zero-order chi connectivity index (χ0) is 14.0. The molecule has 0 aromatic heterocycles. The van der Waals surface area contributed by atoms with Crippen LogP contribution in [0.25, 0.3) is 0 Å². The molecule has 0 saturated heterocycles. The molecule has 2 atom stereocenters.